The summed E-state index contributed by atoms with van der Waals surface area (Å²) in [7, 11) is 0. The molecule has 3 rings (SSSR count). The van der Waals surface area contributed by atoms with Crippen molar-refractivity contribution >= 4 is 0 Å². The van der Waals surface area contributed by atoms with Gasteiger partial charge >= 0.3 is 0 Å². The van der Waals surface area contributed by atoms with Gasteiger partial charge in [-0.25, -0.2) is 4.68 Å². The minimum absolute atomic E-state index is 0.494. The fourth-order valence-electron chi connectivity index (χ4n) is 2.51. The smallest absolute Gasteiger partial charge is 0.186 e. The van der Waals surface area contributed by atoms with Crippen molar-refractivity contribution in [3.63, 3.8) is 0 Å². The number of hydrogen-bond donors (Lipinski definition) is 0. The van der Waals surface area contributed by atoms with E-state index >= 15 is 0 Å². The van der Waals surface area contributed by atoms with Crippen molar-refractivity contribution in [3.05, 3.63) is 41.2 Å². The average molecular weight is 296 g/mol. The summed E-state index contributed by atoms with van der Waals surface area (Å²) in [6, 6.07) is 10.2. The summed E-state index contributed by atoms with van der Waals surface area (Å²) in [5.74, 6) is 1.41. The van der Waals surface area contributed by atoms with Gasteiger partial charge in [0.15, 0.2) is 5.69 Å². The third-order valence-corrected chi connectivity index (χ3v) is 3.90. The quantitative estimate of drug-likeness (QED) is 0.736. The molecule has 22 heavy (non-hydrogen) atoms. The van der Waals surface area contributed by atoms with Gasteiger partial charge in [0.25, 0.3) is 0 Å². The number of unbranched alkanes of at least 4 members (excludes halogenated alkanes) is 1. The van der Waals surface area contributed by atoms with Gasteiger partial charge in [0.1, 0.15) is 11.8 Å². The SMILES string of the molecule is Cc1ccc(OCCCCn2nnc(C#N)c2C2CC2)cc1. The fourth-order valence-corrected chi connectivity index (χ4v) is 2.51. The fraction of sp³-hybridized carbons (Fsp3) is 0.471. The number of nitrogens with zero attached hydrogens (tertiary/aromatic N) is 4. The number of aromatic nitrogens is 3. The van der Waals surface area contributed by atoms with Crippen LogP contribution in [0.1, 0.15) is 48.6 Å². The largest absolute Gasteiger partial charge is 0.494 e. The second-order valence-corrected chi connectivity index (χ2v) is 5.80. The van der Waals surface area contributed by atoms with E-state index in [4.69, 9.17) is 10.00 Å². The number of ether oxygens (including phenoxy) is 1. The molecule has 1 aliphatic carbocycles. The number of rotatable bonds is 7. The molecule has 0 bridgehead atoms. The van der Waals surface area contributed by atoms with E-state index in [1.54, 1.807) is 0 Å². The standard InChI is InChI=1S/C17H20N4O/c1-13-4-8-15(9-5-13)22-11-3-2-10-21-17(14-6-7-14)16(12-18)19-20-21/h4-5,8-9,14H,2-3,6-7,10-11H2,1H3. The molecule has 5 heteroatoms. The van der Waals surface area contributed by atoms with Crippen LogP contribution in [0.3, 0.4) is 0 Å². The number of aryl methyl sites for hydroxylation is 2. The van der Waals surface area contributed by atoms with Crippen LogP contribution >= 0.6 is 0 Å². The molecular formula is C17H20N4O. The number of nitriles is 1. The molecule has 0 radical (unpaired) electrons. The summed E-state index contributed by atoms with van der Waals surface area (Å²) in [4.78, 5) is 0. The van der Waals surface area contributed by atoms with Gasteiger partial charge in [-0.15, -0.1) is 5.10 Å². The van der Waals surface area contributed by atoms with Crippen LogP contribution in [0, 0.1) is 18.3 Å². The molecule has 0 aliphatic heterocycles. The highest BCUT2D eigenvalue weighted by Gasteiger charge is 2.31. The highest BCUT2D eigenvalue weighted by molar-refractivity contribution is 5.30. The van der Waals surface area contributed by atoms with Crippen LogP contribution in [0.25, 0.3) is 0 Å². The van der Waals surface area contributed by atoms with Gasteiger partial charge in [-0.05, 0) is 44.7 Å². The second-order valence-electron chi connectivity index (χ2n) is 5.80. The van der Waals surface area contributed by atoms with Gasteiger partial charge in [0.2, 0.25) is 0 Å². The molecule has 1 saturated carbocycles. The zero-order chi connectivity index (χ0) is 15.4. The maximum absolute atomic E-state index is 9.08. The van der Waals surface area contributed by atoms with E-state index < -0.39 is 0 Å². The lowest BCUT2D eigenvalue weighted by Crippen LogP contribution is -2.07. The van der Waals surface area contributed by atoms with E-state index in [1.807, 2.05) is 16.8 Å². The zero-order valence-corrected chi connectivity index (χ0v) is 12.8. The Kier molecular flexibility index (Phi) is 4.38. The van der Waals surface area contributed by atoms with Crippen LogP contribution in [0.15, 0.2) is 24.3 Å². The van der Waals surface area contributed by atoms with E-state index in [9.17, 15) is 0 Å². The Balaban J connectivity index is 1.45. The molecule has 5 nitrogen and oxygen atoms in total. The van der Waals surface area contributed by atoms with Crippen molar-refractivity contribution in [3.8, 4) is 11.8 Å². The predicted octanol–water partition coefficient (Wildman–Crippen LogP) is 3.19. The maximum atomic E-state index is 9.08. The molecule has 0 spiro atoms. The molecule has 1 heterocycles. The first-order valence-electron chi connectivity index (χ1n) is 7.81. The summed E-state index contributed by atoms with van der Waals surface area (Å²) >= 11 is 0. The molecule has 1 aliphatic rings. The Bertz CT molecular complexity index is 665. The van der Waals surface area contributed by atoms with E-state index in [1.165, 1.54) is 5.56 Å². The van der Waals surface area contributed by atoms with Crippen molar-refractivity contribution in [1.29, 1.82) is 5.26 Å². The van der Waals surface area contributed by atoms with Crippen molar-refractivity contribution in [2.75, 3.05) is 6.61 Å². The Labute approximate surface area is 130 Å². The highest BCUT2D eigenvalue weighted by Crippen LogP contribution is 2.41. The molecule has 1 fully saturated rings. The molecule has 114 valence electrons. The van der Waals surface area contributed by atoms with Crippen molar-refractivity contribution in [2.45, 2.75) is 45.1 Å². The van der Waals surface area contributed by atoms with Crippen LogP contribution in [-0.4, -0.2) is 21.6 Å². The van der Waals surface area contributed by atoms with Crippen LogP contribution in [0.4, 0.5) is 0 Å². The van der Waals surface area contributed by atoms with E-state index in [-0.39, 0.29) is 0 Å². The summed E-state index contributed by atoms with van der Waals surface area (Å²) < 4.78 is 7.62. The number of hydrogen-bond acceptors (Lipinski definition) is 4. The van der Waals surface area contributed by atoms with Crippen molar-refractivity contribution in [2.24, 2.45) is 0 Å². The lowest BCUT2D eigenvalue weighted by Gasteiger charge is -2.07. The van der Waals surface area contributed by atoms with Crippen LogP contribution in [0.2, 0.25) is 0 Å². The van der Waals surface area contributed by atoms with Gasteiger partial charge in [0.05, 0.1) is 12.3 Å². The highest BCUT2D eigenvalue weighted by atomic mass is 16.5. The molecule has 0 saturated heterocycles. The first kappa shape index (κ1) is 14.6. The molecular weight excluding hydrogens is 276 g/mol. The molecule has 1 aromatic heterocycles. The van der Waals surface area contributed by atoms with Crippen LogP contribution in [0.5, 0.6) is 5.75 Å². The molecule has 1 aromatic carbocycles. The Morgan fingerprint density at radius 2 is 2.05 bits per heavy atom. The second kappa shape index (κ2) is 6.61. The third kappa shape index (κ3) is 3.45. The average Bonchev–Trinajstić information content (AvgIpc) is 3.29. The number of benzene rings is 1. The van der Waals surface area contributed by atoms with Crippen LogP contribution in [-0.2, 0) is 6.54 Å². The summed E-state index contributed by atoms with van der Waals surface area (Å²) in [5.41, 5.74) is 2.76. The Hall–Kier alpha value is -2.35. The molecule has 0 unspecified atom stereocenters. The molecule has 0 atom stereocenters. The minimum Gasteiger partial charge on any atom is -0.494 e. The van der Waals surface area contributed by atoms with Gasteiger partial charge in [-0.1, -0.05) is 22.9 Å². The van der Waals surface area contributed by atoms with E-state index in [2.05, 4.69) is 35.4 Å². The molecule has 0 N–H and O–H groups in total. The summed E-state index contributed by atoms with van der Waals surface area (Å²) in [6.07, 6.45) is 4.23. The topological polar surface area (TPSA) is 63.7 Å². The van der Waals surface area contributed by atoms with Crippen molar-refractivity contribution in [1.82, 2.24) is 15.0 Å². The first-order valence-corrected chi connectivity index (χ1v) is 7.81. The van der Waals surface area contributed by atoms with Gasteiger partial charge in [-0.2, -0.15) is 5.26 Å². The Morgan fingerprint density at radius 1 is 1.27 bits per heavy atom. The predicted molar refractivity (Wildman–Crippen MR) is 82.6 cm³/mol. The Morgan fingerprint density at radius 3 is 2.73 bits per heavy atom. The zero-order valence-electron chi connectivity index (χ0n) is 12.8. The summed E-state index contributed by atoms with van der Waals surface area (Å²) in [5, 5.41) is 17.2. The van der Waals surface area contributed by atoms with Crippen LogP contribution < -0.4 is 4.74 Å². The monoisotopic (exact) mass is 296 g/mol. The summed E-state index contributed by atoms with van der Waals surface area (Å²) in [6.45, 7) is 3.56. The molecule has 0 amide bonds. The normalized spacial score (nSPS) is 13.8. The lowest BCUT2D eigenvalue weighted by molar-refractivity contribution is 0.301. The first-order chi connectivity index (χ1) is 10.8. The van der Waals surface area contributed by atoms with E-state index in [0.29, 0.717) is 18.2 Å². The maximum Gasteiger partial charge on any atom is 0.186 e. The lowest BCUT2D eigenvalue weighted by atomic mass is 10.2. The van der Waals surface area contributed by atoms with E-state index in [0.717, 1.165) is 43.7 Å². The molecule has 2 aromatic rings. The van der Waals surface area contributed by atoms with Gasteiger partial charge in [0, 0.05) is 12.5 Å². The van der Waals surface area contributed by atoms with Gasteiger partial charge < -0.3 is 4.74 Å². The van der Waals surface area contributed by atoms with Crippen molar-refractivity contribution < 1.29 is 4.74 Å². The van der Waals surface area contributed by atoms with Gasteiger partial charge in [-0.3, -0.25) is 0 Å². The minimum atomic E-state index is 0.494. The third-order valence-electron chi connectivity index (χ3n) is 3.90.